The Balaban J connectivity index is 1.12. The van der Waals surface area contributed by atoms with Crippen molar-refractivity contribution in [1.82, 2.24) is 9.98 Å². The third-order valence-corrected chi connectivity index (χ3v) is 9.80. The second kappa shape index (κ2) is 11.9. The van der Waals surface area contributed by atoms with Gasteiger partial charge >= 0.3 is 11.7 Å². The van der Waals surface area contributed by atoms with E-state index in [2.05, 4.69) is 157 Å². The minimum Gasteiger partial charge on any atom is -0.455 e. The summed E-state index contributed by atoms with van der Waals surface area (Å²) in [6.07, 6.45) is 0. The van der Waals surface area contributed by atoms with Gasteiger partial charge in [0.15, 0.2) is 0 Å². The van der Waals surface area contributed by atoms with Gasteiger partial charge in [-0.15, -0.1) is 0 Å². The van der Waals surface area contributed by atoms with Crippen LogP contribution in [0.1, 0.15) is 16.7 Å². The molecule has 1 aromatic heterocycles. The fourth-order valence-electron chi connectivity index (χ4n) is 7.28. The molecule has 10 rings (SSSR count). The molecule has 51 heavy (non-hydrogen) atoms. The molecule has 0 fully saturated rings. The maximum Gasteiger partial charge on any atom is 0.360 e. The maximum atomic E-state index is 6.72. The van der Waals surface area contributed by atoms with E-state index in [0.29, 0.717) is 5.84 Å². The van der Waals surface area contributed by atoms with Crippen LogP contribution in [0.3, 0.4) is 0 Å². The van der Waals surface area contributed by atoms with Gasteiger partial charge in [0.2, 0.25) is 0 Å². The first-order chi connectivity index (χ1) is 25.3. The van der Waals surface area contributed by atoms with E-state index in [9.17, 15) is 0 Å². The van der Waals surface area contributed by atoms with E-state index >= 15 is 0 Å². The second-order valence-corrected chi connectivity index (χ2v) is 12.9. The topological polar surface area (TPSA) is 51.6 Å². The molecule has 0 unspecified atom stereocenters. The monoisotopic (exact) mass is 652 g/mol. The van der Waals surface area contributed by atoms with Gasteiger partial charge in [0.1, 0.15) is 11.2 Å². The number of benzene rings is 8. The summed E-state index contributed by atoms with van der Waals surface area (Å²) in [4.78, 5) is 5.17. The lowest BCUT2D eigenvalue weighted by atomic mass is 9.96. The van der Waals surface area contributed by atoms with Crippen LogP contribution in [0.25, 0.3) is 65.7 Å². The molecule has 0 saturated carbocycles. The minimum absolute atomic E-state index is 0.660. The maximum absolute atomic E-state index is 6.72. The first-order valence-electron chi connectivity index (χ1n) is 17.2. The Morgan fingerprint density at radius 3 is 1.86 bits per heavy atom. The first-order valence-corrected chi connectivity index (χ1v) is 17.2. The first kappa shape index (κ1) is 29.0. The lowest BCUT2D eigenvalue weighted by molar-refractivity contribution is 0.673. The van der Waals surface area contributed by atoms with E-state index in [4.69, 9.17) is 14.1 Å². The number of rotatable bonds is 5. The number of nitrogens with zero attached hydrogens (tertiary/aromatic N) is 2. The van der Waals surface area contributed by atoms with Gasteiger partial charge in [-0.3, -0.25) is 0 Å². The molecule has 1 N–H and O–H groups in total. The fourth-order valence-corrected chi connectivity index (χ4v) is 7.28. The van der Waals surface area contributed by atoms with Crippen molar-refractivity contribution in [2.24, 2.45) is 4.99 Å². The molecule has 238 valence electrons. The molecule has 0 bridgehead atoms. The summed E-state index contributed by atoms with van der Waals surface area (Å²) in [5.74, 6) is 2.15. The molecule has 0 aliphatic carbocycles. The summed E-state index contributed by atoms with van der Waals surface area (Å²) in [5.41, 5.74) is 9.30. The largest absolute Gasteiger partial charge is 0.455 e. The zero-order valence-electron chi connectivity index (χ0n) is 27.5. The van der Waals surface area contributed by atoms with Gasteiger partial charge in [-0.25, -0.2) is 9.98 Å². The average Bonchev–Trinajstić information content (AvgIpc) is 3.59. The zero-order chi connectivity index (χ0) is 33.7. The van der Waals surface area contributed by atoms with Crippen LogP contribution in [0.2, 0.25) is 0 Å². The lowest BCUT2D eigenvalue weighted by Crippen LogP contribution is -2.38. The van der Waals surface area contributed by atoms with E-state index in [1.807, 2.05) is 24.3 Å². The van der Waals surface area contributed by atoms with Crippen molar-refractivity contribution >= 4 is 61.0 Å². The van der Waals surface area contributed by atoms with Crippen LogP contribution in [-0.2, 0) is 0 Å². The highest BCUT2D eigenvalue weighted by molar-refractivity contribution is 6.29. The van der Waals surface area contributed by atoms with E-state index < -0.39 is 0 Å². The quantitative estimate of drug-likeness (QED) is 0.188. The smallest absolute Gasteiger partial charge is 0.360 e. The molecule has 4 nitrogen and oxygen atoms in total. The lowest BCUT2D eigenvalue weighted by Gasteiger charge is -2.11. The van der Waals surface area contributed by atoms with Crippen LogP contribution >= 0.6 is 0 Å². The Hall–Kier alpha value is -7.00. The highest BCUT2D eigenvalue weighted by Crippen LogP contribution is 2.39. The Bertz CT molecular complexity index is 2890. The van der Waals surface area contributed by atoms with E-state index in [1.54, 1.807) is 0 Å². The van der Waals surface area contributed by atoms with Crippen molar-refractivity contribution in [3.8, 4) is 22.3 Å². The Morgan fingerprint density at radius 2 is 1.06 bits per heavy atom. The number of nitrogens with one attached hydrogen (secondary N) is 1. The standard InChI is InChI=1S/C47H29N3O/c1-3-12-30(13-4-1)31-22-24-34(25-23-31)46-48-45(33-15-5-2-6-16-33)49-47(50-46)42-29-41-39-27-26-35(37-21-11-17-32-14-7-8-18-36(32)37)28-43(39)51-44(41)40-20-10-9-19-38(40)42/h1-29H/p+1. The van der Waals surface area contributed by atoms with Crippen molar-refractivity contribution < 1.29 is 4.42 Å². The van der Waals surface area contributed by atoms with E-state index in [1.165, 1.54) is 21.9 Å². The molecule has 0 atom stereocenters. The summed E-state index contributed by atoms with van der Waals surface area (Å²) >= 11 is 0. The van der Waals surface area contributed by atoms with Gasteiger partial charge in [0, 0.05) is 16.2 Å². The van der Waals surface area contributed by atoms with Crippen LogP contribution in [0.4, 0.5) is 0 Å². The fraction of sp³-hybridized carbons (Fsp3) is 0. The molecule has 0 amide bonds. The van der Waals surface area contributed by atoms with Crippen molar-refractivity contribution in [3.05, 3.63) is 193 Å². The molecule has 9 aromatic rings. The molecular weight excluding hydrogens is 623 g/mol. The van der Waals surface area contributed by atoms with Gasteiger partial charge < -0.3 is 4.42 Å². The number of furan rings is 1. The van der Waals surface area contributed by atoms with E-state index in [0.717, 1.165) is 72.2 Å². The van der Waals surface area contributed by atoms with E-state index in [-0.39, 0.29) is 0 Å². The second-order valence-electron chi connectivity index (χ2n) is 12.9. The molecule has 8 aromatic carbocycles. The number of aliphatic imine (C=N–C) groups is 1. The van der Waals surface area contributed by atoms with Crippen LogP contribution in [0.15, 0.2) is 185 Å². The predicted molar refractivity (Wildman–Crippen MR) is 213 cm³/mol. The molecule has 1 aliphatic rings. The third kappa shape index (κ3) is 5.02. The Labute approximate surface area is 294 Å². The van der Waals surface area contributed by atoms with Crippen LogP contribution < -0.4 is 9.98 Å². The molecule has 4 heteroatoms. The molecule has 2 heterocycles. The van der Waals surface area contributed by atoms with Gasteiger partial charge in [-0.1, -0.05) is 138 Å². The molecule has 0 spiro atoms. The Morgan fingerprint density at radius 1 is 0.431 bits per heavy atom. The average molecular weight is 653 g/mol. The molecule has 0 radical (unpaired) electrons. The summed E-state index contributed by atoms with van der Waals surface area (Å²) in [7, 11) is 0. The highest BCUT2D eigenvalue weighted by Gasteiger charge is 2.28. The Kier molecular flexibility index (Phi) is 6.73. The van der Waals surface area contributed by atoms with Crippen molar-refractivity contribution in [1.29, 1.82) is 0 Å². The summed E-state index contributed by atoms with van der Waals surface area (Å²) in [6.45, 7) is 0. The minimum atomic E-state index is 0.660. The van der Waals surface area contributed by atoms with Gasteiger partial charge in [0.25, 0.3) is 5.84 Å². The van der Waals surface area contributed by atoms with Crippen molar-refractivity contribution in [2.45, 2.75) is 0 Å². The van der Waals surface area contributed by atoms with Crippen molar-refractivity contribution in [2.75, 3.05) is 0 Å². The van der Waals surface area contributed by atoms with Crippen LogP contribution in [0, 0.1) is 0 Å². The SMILES string of the molecule is c1ccc(C2=[N+]=C(c3ccc(-c4ccccc4)cc3)NC(c3cc4c5ccc(-c6cccc7ccccc67)cc5oc4c4ccccc34)=N2)cc1. The summed E-state index contributed by atoms with van der Waals surface area (Å²) in [5, 5.41) is 10.3. The van der Waals surface area contributed by atoms with Crippen LogP contribution in [-0.4, -0.2) is 17.5 Å². The van der Waals surface area contributed by atoms with Crippen molar-refractivity contribution in [3.63, 3.8) is 0 Å². The number of hydrogen-bond donors (Lipinski definition) is 1. The molecule has 0 saturated heterocycles. The number of hydrogen-bond acceptors (Lipinski definition) is 3. The van der Waals surface area contributed by atoms with Gasteiger partial charge in [-0.05, 0) is 80.9 Å². The summed E-state index contributed by atoms with van der Waals surface area (Å²) < 4.78 is 11.8. The van der Waals surface area contributed by atoms with Gasteiger partial charge in [-0.2, -0.15) is 0 Å². The summed E-state index contributed by atoms with van der Waals surface area (Å²) in [6, 6.07) is 61.3. The normalized spacial score (nSPS) is 12.9. The molecule has 1 aliphatic heterocycles. The third-order valence-electron chi connectivity index (χ3n) is 9.80. The number of fused-ring (bicyclic) bond motifs is 6. The predicted octanol–water partition coefficient (Wildman–Crippen LogP) is 10.5. The molecular formula is C47H30N3O+. The van der Waals surface area contributed by atoms with Gasteiger partial charge in [0.05, 0.1) is 16.7 Å². The van der Waals surface area contributed by atoms with Crippen LogP contribution in [0.5, 0.6) is 0 Å². The zero-order valence-corrected chi connectivity index (χ0v) is 27.5. The number of amidine groups is 3. The highest BCUT2D eigenvalue weighted by atomic mass is 16.3.